The topological polar surface area (TPSA) is 72.8 Å². The van der Waals surface area contributed by atoms with Crippen molar-refractivity contribution in [2.45, 2.75) is 64.3 Å². The van der Waals surface area contributed by atoms with Crippen molar-refractivity contribution in [3.8, 4) is 11.5 Å². The van der Waals surface area contributed by atoms with Crippen LogP contribution >= 0.6 is 11.6 Å². The van der Waals surface area contributed by atoms with Crippen molar-refractivity contribution in [2.75, 3.05) is 19.7 Å². The smallest absolute Gasteiger partial charge is 0.266 e. The summed E-state index contributed by atoms with van der Waals surface area (Å²) < 4.78 is 44.2. The number of hydrogen-bond donors (Lipinski definition) is 1. The Morgan fingerprint density at radius 2 is 1.53 bits per heavy atom. The summed E-state index contributed by atoms with van der Waals surface area (Å²) in [4.78, 5) is 0. The summed E-state index contributed by atoms with van der Waals surface area (Å²) in [6.07, 6.45) is -0.685. The van der Waals surface area contributed by atoms with Crippen LogP contribution in [0.2, 0.25) is 21.6 Å². The lowest BCUT2D eigenvalue weighted by molar-refractivity contribution is -0.0834. The zero-order chi connectivity index (χ0) is 23.1. The van der Waals surface area contributed by atoms with Gasteiger partial charge in [-0.2, -0.15) is 8.42 Å². The molecule has 0 bridgehead atoms. The molecule has 1 aromatic carbocycles. The number of methoxy groups -OCH3 is 1. The zero-order valence-corrected chi connectivity index (χ0v) is 21.5. The molecule has 0 aliphatic carbocycles. The Morgan fingerprint density at radius 3 is 1.93 bits per heavy atom. The molecular weight excluding hydrogens is 440 g/mol. The van der Waals surface area contributed by atoms with Gasteiger partial charge in [0.25, 0.3) is 10.1 Å². The molecule has 0 aliphatic rings. The van der Waals surface area contributed by atoms with Crippen LogP contribution < -0.4 is 0 Å². The van der Waals surface area contributed by atoms with Crippen LogP contribution in [0.3, 0.4) is 0 Å². The van der Waals surface area contributed by atoms with Crippen LogP contribution in [0.4, 0.5) is 0 Å². The summed E-state index contributed by atoms with van der Waals surface area (Å²) >= 11 is 6.01. The summed E-state index contributed by atoms with van der Waals surface area (Å²) in [6, 6.07) is 6.99. The van der Waals surface area contributed by atoms with E-state index in [1.54, 1.807) is 24.3 Å². The molecule has 2 atom stereocenters. The molecule has 0 unspecified atom stereocenters. The molecule has 30 heavy (non-hydrogen) atoms. The van der Waals surface area contributed by atoms with E-state index in [2.05, 4.69) is 53.0 Å². The lowest BCUT2D eigenvalue weighted by Crippen LogP contribution is -2.43. The second-order valence-corrected chi connectivity index (χ2v) is 16.1. The van der Waals surface area contributed by atoms with Crippen LogP contribution in [0.25, 0.3) is 0 Å². The number of halogens is 1. The van der Waals surface area contributed by atoms with Crippen molar-refractivity contribution in [1.82, 2.24) is 0 Å². The first-order valence-electron chi connectivity index (χ1n) is 10.2. The molecule has 0 aliphatic heterocycles. The summed E-state index contributed by atoms with van der Waals surface area (Å²) in [7, 11) is -4.87. The first-order valence-corrected chi connectivity index (χ1v) is 14.4. The normalized spacial score (nSPS) is 14.7. The summed E-state index contributed by atoms with van der Waals surface area (Å²) in [5.41, 5.74) is 5.47. The maximum atomic E-state index is 11.8. The molecule has 170 valence electrons. The van der Waals surface area contributed by atoms with Gasteiger partial charge in [0.1, 0.15) is 21.0 Å². The van der Waals surface area contributed by atoms with Gasteiger partial charge in [-0.3, -0.25) is 4.55 Å². The molecule has 0 radical (unpaired) electrons. The van der Waals surface area contributed by atoms with Crippen LogP contribution in [0.1, 0.15) is 53.2 Å². The molecule has 5 nitrogen and oxygen atoms in total. The highest BCUT2D eigenvalue weighted by Crippen LogP contribution is 2.41. The first kappa shape index (κ1) is 27.2. The zero-order valence-electron chi connectivity index (χ0n) is 19.0. The van der Waals surface area contributed by atoms with Gasteiger partial charge in [0.05, 0.1) is 11.7 Å². The largest absolute Gasteiger partial charge is 0.359 e. The average molecular weight is 475 g/mol. The third kappa shape index (κ3) is 7.36. The number of benzene rings is 1. The number of hydrogen-bond acceptors (Lipinski definition) is 4. The van der Waals surface area contributed by atoms with Crippen molar-refractivity contribution in [1.29, 1.82) is 0 Å². The van der Waals surface area contributed by atoms with Crippen molar-refractivity contribution in [3.05, 3.63) is 34.9 Å². The fourth-order valence-electron chi connectivity index (χ4n) is 4.32. The van der Waals surface area contributed by atoms with Gasteiger partial charge < -0.3 is 9.47 Å². The van der Waals surface area contributed by atoms with Crippen LogP contribution in [-0.4, -0.2) is 40.7 Å². The van der Waals surface area contributed by atoms with Gasteiger partial charge in [0, 0.05) is 12.1 Å². The van der Waals surface area contributed by atoms with Crippen molar-refractivity contribution < 1.29 is 22.4 Å². The van der Waals surface area contributed by atoms with Crippen LogP contribution in [0.5, 0.6) is 0 Å². The Balaban J connectivity index is 3.57. The highest BCUT2D eigenvalue weighted by Gasteiger charge is 2.42. The highest BCUT2D eigenvalue weighted by molar-refractivity contribution is 7.85. The molecule has 0 heterocycles. The minimum absolute atomic E-state index is 0.0297. The van der Waals surface area contributed by atoms with E-state index >= 15 is 0 Å². The Morgan fingerprint density at radius 1 is 1.03 bits per heavy atom. The third-order valence-electron chi connectivity index (χ3n) is 5.66. The Bertz CT molecular complexity index is 804. The Hall–Kier alpha value is -0.883. The maximum Gasteiger partial charge on any atom is 0.266 e. The molecule has 1 aromatic rings. The molecule has 8 heteroatoms. The van der Waals surface area contributed by atoms with Crippen molar-refractivity contribution in [2.24, 2.45) is 5.92 Å². The molecule has 0 spiro atoms. The fourth-order valence-corrected chi connectivity index (χ4v) is 10.5. The van der Waals surface area contributed by atoms with E-state index in [9.17, 15) is 13.0 Å². The van der Waals surface area contributed by atoms with Crippen molar-refractivity contribution in [3.63, 3.8) is 0 Å². The highest BCUT2D eigenvalue weighted by atomic mass is 35.5. The molecular formula is C22H35ClO5SSi. The van der Waals surface area contributed by atoms with Gasteiger partial charge in [0.15, 0.2) is 0 Å². The van der Waals surface area contributed by atoms with Gasteiger partial charge in [0.2, 0.25) is 0 Å². The molecule has 0 amide bonds. The summed E-state index contributed by atoms with van der Waals surface area (Å²) in [6.45, 7) is 13.1. The molecule has 1 rings (SSSR count). The van der Waals surface area contributed by atoms with E-state index < -0.39 is 36.0 Å². The number of ether oxygens (including phenoxy) is 2. The second kappa shape index (κ2) is 11.7. The quantitative estimate of drug-likeness (QED) is 0.203. The molecule has 0 saturated heterocycles. The average Bonchev–Trinajstić information content (AvgIpc) is 2.61. The summed E-state index contributed by atoms with van der Waals surface area (Å²) in [5.74, 6) is 1.97. The first-order chi connectivity index (χ1) is 13.8. The van der Waals surface area contributed by atoms with E-state index in [1.165, 1.54) is 7.11 Å². The third-order valence-corrected chi connectivity index (χ3v) is 13.0. The Labute approximate surface area is 188 Å². The number of rotatable bonds is 10. The fraction of sp³-hybridized carbons (Fsp3) is 0.636. The van der Waals surface area contributed by atoms with Gasteiger partial charge in [-0.15, -0.1) is 11.5 Å². The van der Waals surface area contributed by atoms with E-state index in [0.717, 1.165) is 5.56 Å². The SMILES string of the molecule is COCO[C@@H](c1ccc(Cl)cc1)[C@@H](C#C[Si](C(C)C)(C(C)C)C(C)C)CS(=O)(=O)O. The second-order valence-electron chi connectivity index (χ2n) is 8.57. The van der Waals surface area contributed by atoms with E-state index in [0.29, 0.717) is 21.6 Å². The predicted molar refractivity (Wildman–Crippen MR) is 126 cm³/mol. The van der Waals surface area contributed by atoms with Crippen LogP contribution in [-0.2, 0) is 19.6 Å². The summed E-state index contributed by atoms with van der Waals surface area (Å²) in [5, 5.41) is 0.563. The monoisotopic (exact) mass is 474 g/mol. The lowest BCUT2D eigenvalue weighted by Gasteiger charge is -2.38. The van der Waals surface area contributed by atoms with E-state index in [4.69, 9.17) is 21.1 Å². The Kier molecular flexibility index (Phi) is 10.5. The lowest BCUT2D eigenvalue weighted by atomic mass is 9.98. The molecule has 0 fully saturated rings. The van der Waals surface area contributed by atoms with Gasteiger partial charge in [-0.25, -0.2) is 0 Å². The standard InChI is InChI=1S/C22H35ClO5SSi/c1-16(2)30(17(3)4,18(5)6)13-12-20(14-29(24,25)26)22(28-15-27-7)19-8-10-21(23)11-9-19/h8-11,16-18,20,22H,14-15H2,1-7H3,(H,24,25,26)/t20-,22-/m0/s1. The van der Waals surface area contributed by atoms with Gasteiger partial charge in [-0.05, 0) is 34.3 Å². The van der Waals surface area contributed by atoms with Crippen molar-refractivity contribution >= 4 is 29.8 Å². The maximum absolute atomic E-state index is 11.8. The van der Waals surface area contributed by atoms with Crippen LogP contribution in [0, 0.1) is 17.4 Å². The minimum Gasteiger partial charge on any atom is -0.359 e. The van der Waals surface area contributed by atoms with Gasteiger partial charge in [-0.1, -0.05) is 65.3 Å². The molecule has 0 aromatic heterocycles. The molecule has 0 saturated carbocycles. The molecule has 1 N–H and O–H groups in total. The van der Waals surface area contributed by atoms with E-state index in [-0.39, 0.29) is 6.79 Å². The van der Waals surface area contributed by atoms with Crippen LogP contribution in [0.15, 0.2) is 24.3 Å². The van der Waals surface area contributed by atoms with Gasteiger partial charge >= 0.3 is 0 Å². The predicted octanol–water partition coefficient (Wildman–Crippen LogP) is 5.73. The minimum atomic E-state index is -4.27. The van der Waals surface area contributed by atoms with E-state index in [1.807, 2.05) is 0 Å².